The second-order valence-electron chi connectivity index (χ2n) is 3.00. The van der Waals surface area contributed by atoms with Gasteiger partial charge in [0.25, 0.3) is 0 Å². The van der Waals surface area contributed by atoms with Crippen molar-refractivity contribution < 1.29 is 21.7 Å². The van der Waals surface area contributed by atoms with Crippen molar-refractivity contribution in [3.8, 4) is 0 Å². The molecule has 0 bridgehead atoms. The van der Waals surface area contributed by atoms with Gasteiger partial charge in [0.15, 0.2) is 0 Å². The van der Waals surface area contributed by atoms with Gasteiger partial charge in [-0.1, -0.05) is 13.1 Å². The summed E-state index contributed by atoms with van der Waals surface area (Å²) in [5.74, 6) is 0. The van der Waals surface area contributed by atoms with Crippen molar-refractivity contribution in [3.05, 3.63) is 68.1 Å². The van der Waals surface area contributed by atoms with Crippen LogP contribution in [0.2, 0.25) is 13.1 Å². The maximum Gasteiger partial charge on any atom is 4.00 e. The Morgan fingerprint density at radius 3 is 1.06 bits per heavy atom. The van der Waals surface area contributed by atoms with Crippen molar-refractivity contribution >= 4 is 14.6 Å². The third-order valence-corrected chi connectivity index (χ3v) is 1.11. The summed E-state index contributed by atoms with van der Waals surface area (Å²) in [6.07, 6.45) is 5.21. The molecule has 84 valence electrons. The maximum absolute atomic E-state index is 5.21. The number of hydrogen-bond donors (Lipinski definition) is 0. The smallest absolute Gasteiger partial charge is 0.527 e. The van der Waals surface area contributed by atoms with Crippen LogP contribution in [0.15, 0.2) is 60.7 Å². The molecule has 0 aromatic heterocycles. The molecule has 2 aromatic carbocycles. The van der Waals surface area contributed by atoms with Gasteiger partial charge in [0.1, 0.15) is 0 Å². The van der Waals surface area contributed by atoms with Crippen LogP contribution in [0.5, 0.6) is 0 Å². The molecule has 0 heterocycles. The molecule has 0 N–H and O–H groups in total. The molecule has 0 saturated heterocycles. The molecular weight excluding hydrogens is 244 g/mol. The first-order valence-corrected chi connectivity index (χ1v) is 7.20. The van der Waals surface area contributed by atoms with Crippen LogP contribution in [0.25, 0.3) is 0 Å². The summed E-state index contributed by atoms with van der Waals surface area (Å²) in [5.41, 5.74) is 0. The van der Waals surface area contributed by atoms with Crippen LogP contribution in [0.4, 0.5) is 0 Å². The summed E-state index contributed by atoms with van der Waals surface area (Å²) in [6, 6.07) is 20.0. The van der Waals surface area contributed by atoms with E-state index in [0.717, 1.165) is 0 Å². The van der Waals surface area contributed by atoms with Crippen LogP contribution in [-0.2, 0) is 21.7 Å². The topological polar surface area (TPSA) is 0 Å². The quantitative estimate of drug-likeness (QED) is 0.500. The first-order valence-electron chi connectivity index (χ1n) is 4.62. The largest absolute Gasteiger partial charge is 4.00 e. The van der Waals surface area contributed by atoms with Crippen molar-refractivity contribution in [2.24, 2.45) is 0 Å². The van der Waals surface area contributed by atoms with E-state index >= 15 is 0 Å². The Kier molecular flexibility index (Phi) is 22.0. The molecule has 0 atom stereocenters. The van der Waals surface area contributed by atoms with Gasteiger partial charge in [0.2, 0.25) is 0 Å². The standard InChI is InChI=1S/2C5H5.C3H7Si.CH3.Ti/c2*1-2-4-5-3-1;1-4(2)3;;/h2*1-5H;1H,2-3H3;1H3;/q4*-1;+4. The minimum Gasteiger partial charge on any atom is -0.527 e. The van der Waals surface area contributed by atoms with Crippen LogP contribution in [0.3, 0.4) is 0 Å². The third kappa shape index (κ3) is 23.4. The fourth-order valence-electron chi connectivity index (χ4n) is 0.642. The third-order valence-electron chi connectivity index (χ3n) is 1.11. The van der Waals surface area contributed by atoms with Crippen molar-refractivity contribution in [3.63, 3.8) is 0 Å². The monoisotopic (exact) mass is 264 g/mol. The second-order valence-corrected chi connectivity index (χ2v) is 5.16. The van der Waals surface area contributed by atoms with Gasteiger partial charge in [-0.05, 0) is 0 Å². The van der Waals surface area contributed by atoms with Crippen LogP contribution in [-0.4, -0.2) is 14.6 Å². The van der Waals surface area contributed by atoms with E-state index in [1.165, 1.54) is 0 Å². The van der Waals surface area contributed by atoms with Gasteiger partial charge in [-0.3, -0.25) is 0 Å². The van der Waals surface area contributed by atoms with E-state index in [4.69, 9.17) is 6.17 Å². The number of hydrogen-bond acceptors (Lipinski definition) is 0. The normalized spacial score (nSPS) is 6.62. The van der Waals surface area contributed by atoms with Crippen molar-refractivity contribution in [1.29, 1.82) is 0 Å². The molecular formula is C14H20SiTi. The van der Waals surface area contributed by atoms with Crippen molar-refractivity contribution in [2.75, 3.05) is 0 Å². The predicted molar refractivity (Wildman–Crippen MR) is 74.0 cm³/mol. The van der Waals surface area contributed by atoms with Gasteiger partial charge >= 0.3 is 21.7 Å². The first-order chi connectivity index (χ1) is 6.73. The molecule has 0 unspecified atom stereocenters. The fraction of sp³-hybridized carbons (Fsp3) is 0.143. The van der Waals surface area contributed by atoms with Gasteiger partial charge in [-0.25, -0.2) is 32.7 Å². The molecule has 2 heteroatoms. The Morgan fingerprint density at radius 1 is 0.812 bits per heavy atom. The van der Waals surface area contributed by atoms with Gasteiger partial charge in [-0.2, -0.15) is 36.4 Å². The van der Waals surface area contributed by atoms with E-state index in [9.17, 15) is 0 Å². The average molecular weight is 264 g/mol. The first kappa shape index (κ1) is 20.9. The summed E-state index contributed by atoms with van der Waals surface area (Å²) in [5, 5.41) is 0. The molecule has 0 amide bonds. The molecule has 16 heavy (non-hydrogen) atoms. The minimum atomic E-state index is -0.380. The summed E-state index contributed by atoms with van der Waals surface area (Å²) in [7, 11) is -0.380. The second kappa shape index (κ2) is 16.9. The molecule has 0 aliphatic heterocycles. The Bertz CT molecular complexity index is 218. The average Bonchev–Trinajstić information content (AvgIpc) is 2.83. The molecule has 0 nitrogen and oxygen atoms in total. The van der Waals surface area contributed by atoms with E-state index in [1.54, 1.807) is 0 Å². The number of rotatable bonds is 0. The van der Waals surface area contributed by atoms with Gasteiger partial charge < -0.3 is 13.6 Å². The summed E-state index contributed by atoms with van der Waals surface area (Å²) in [4.78, 5) is 0. The zero-order valence-electron chi connectivity index (χ0n) is 10.4. The van der Waals surface area contributed by atoms with E-state index in [2.05, 4.69) is 0 Å². The predicted octanol–water partition coefficient (Wildman–Crippen LogP) is 3.89. The fourth-order valence-corrected chi connectivity index (χ4v) is 0.642. The van der Waals surface area contributed by atoms with E-state index in [0.29, 0.717) is 0 Å². The molecule has 2 rings (SSSR count). The van der Waals surface area contributed by atoms with E-state index in [-0.39, 0.29) is 37.6 Å². The zero-order chi connectivity index (χ0) is 10.6. The van der Waals surface area contributed by atoms with Crippen LogP contribution in [0.1, 0.15) is 0 Å². The van der Waals surface area contributed by atoms with Crippen molar-refractivity contribution in [2.45, 2.75) is 13.1 Å². The maximum atomic E-state index is 5.21. The SMILES string of the molecule is [CH-]=[Si](C)C.[CH3-].[Ti+4].c1cc[cH-]c1.c1cc[cH-]c1. The van der Waals surface area contributed by atoms with Gasteiger partial charge in [-0.15, -0.1) is 0 Å². The molecule has 0 aliphatic rings. The molecule has 0 saturated carbocycles. The van der Waals surface area contributed by atoms with Crippen LogP contribution < -0.4 is 0 Å². The summed E-state index contributed by atoms with van der Waals surface area (Å²) < 4.78 is 0. The van der Waals surface area contributed by atoms with Gasteiger partial charge in [0, 0.05) is 0 Å². The Labute approximate surface area is 117 Å². The molecule has 2 aromatic rings. The summed E-state index contributed by atoms with van der Waals surface area (Å²) in [6.45, 7) is 4.09. The molecule has 0 fully saturated rings. The Morgan fingerprint density at radius 2 is 1.00 bits per heavy atom. The Balaban J connectivity index is -0.000000151. The molecule has 0 aliphatic carbocycles. The van der Waals surface area contributed by atoms with Gasteiger partial charge in [0.05, 0.1) is 0 Å². The minimum absolute atomic E-state index is 0. The van der Waals surface area contributed by atoms with Crippen molar-refractivity contribution in [1.82, 2.24) is 0 Å². The molecule has 0 radical (unpaired) electrons. The van der Waals surface area contributed by atoms with Crippen LogP contribution in [0, 0.1) is 7.43 Å². The van der Waals surface area contributed by atoms with Crippen LogP contribution >= 0.6 is 0 Å². The van der Waals surface area contributed by atoms with E-state index in [1.807, 2.05) is 73.8 Å². The zero-order valence-corrected chi connectivity index (χ0v) is 12.9. The Hall–Kier alpha value is -0.499. The van der Waals surface area contributed by atoms with E-state index < -0.39 is 0 Å². The summed E-state index contributed by atoms with van der Waals surface area (Å²) >= 11 is 0. The molecule has 0 spiro atoms.